The zero-order valence-electron chi connectivity index (χ0n) is 19.2. The van der Waals surface area contributed by atoms with E-state index in [9.17, 15) is 14.7 Å². The average Bonchev–Trinajstić information content (AvgIpc) is 3.50. The summed E-state index contributed by atoms with van der Waals surface area (Å²) >= 11 is 0. The molecule has 2 aliphatic rings. The maximum absolute atomic E-state index is 13.2. The van der Waals surface area contributed by atoms with Crippen LogP contribution in [0, 0.1) is 0 Å². The number of aliphatic hydroxyl groups is 1. The monoisotopic (exact) mass is 475 g/mol. The van der Waals surface area contributed by atoms with Gasteiger partial charge < -0.3 is 28.8 Å². The summed E-state index contributed by atoms with van der Waals surface area (Å²) in [6.45, 7) is 1.81. The van der Waals surface area contributed by atoms with Gasteiger partial charge in [-0.1, -0.05) is 12.1 Å². The number of rotatable bonds is 7. The molecule has 1 saturated heterocycles. The number of ketones is 1. The molecule has 1 aromatic heterocycles. The minimum absolute atomic E-state index is 0.0412. The Morgan fingerprint density at radius 1 is 1.09 bits per heavy atom. The first-order valence-corrected chi connectivity index (χ1v) is 11.3. The molecule has 1 amide bonds. The lowest BCUT2D eigenvalue weighted by Crippen LogP contribution is -2.31. The highest BCUT2D eigenvalue weighted by atomic mass is 16.6. The first-order chi connectivity index (χ1) is 17.1. The maximum atomic E-state index is 13.2. The molecule has 0 bridgehead atoms. The quantitative estimate of drug-likeness (QED) is 0.318. The molecule has 0 aliphatic carbocycles. The molecule has 35 heavy (non-hydrogen) atoms. The van der Waals surface area contributed by atoms with Crippen molar-refractivity contribution in [3.8, 4) is 17.2 Å². The zero-order chi connectivity index (χ0) is 24.4. The number of carbonyl (C=O) groups is 2. The van der Waals surface area contributed by atoms with Gasteiger partial charge in [0.15, 0.2) is 11.5 Å². The van der Waals surface area contributed by atoms with E-state index in [0.717, 1.165) is 0 Å². The molecular formula is C26H25N3O6. The lowest BCUT2D eigenvalue weighted by molar-refractivity contribution is -0.139. The summed E-state index contributed by atoms with van der Waals surface area (Å²) in [5.74, 6) is 0.0857. The second-order valence-corrected chi connectivity index (χ2v) is 8.28. The number of amides is 1. The SMILES string of the molecule is COc1ccc(C2C(=C(O)c3ccc4c(c3)OCCO4)C(=O)C(=O)N2CCCn2ccnc2)cc1. The van der Waals surface area contributed by atoms with Crippen LogP contribution in [0.5, 0.6) is 17.2 Å². The highest BCUT2D eigenvalue weighted by Crippen LogP contribution is 2.41. The summed E-state index contributed by atoms with van der Waals surface area (Å²) < 4.78 is 18.4. The molecule has 1 unspecified atom stereocenters. The van der Waals surface area contributed by atoms with Crippen molar-refractivity contribution >= 4 is 17.4 Å². The zero-order valence-corrected chi connectivity index (χ0v) is 19.2. The van der Waals surface area contributed by atoms with Gasteiger partial charge in [0.2, 0.25) is 0 Å². The molecule has 3 aromatic rings. The molecule has 0 spiro atoms. The van der Waals surface area contributed by atoms with Crippen LogP contribution in [-0.2, 0) is 16.1 Å². The normalized spacial score (nSPS) is 18.7. The van der Waals surface area contributed by atoms with Gasteiger partial charge in [-0.25, -0.2) is 4.98 Å². The van der Waals surface area contributed by atoms with Gasteiger partial charge in [-0.05, 0) is 42.3 Å². The summed E-state index contributed by atoms with van der Waals surface area (Å²) in [6, 6.07) is 11.4. The number of aliphatic hydroxyl groups excluding tert-OH is 1. The van der Waals surface area contributed by atoms with Crippen molar-refractivity contribution in [1.29, 1.82) is 0 Å². The summed E-state index contributed by atoms with van der Waals surface area (Å²) in [6.07, 6.45) is 5.85. The summed E-state index contributed by atoms with van der Waals surface area (Å²) in [5, 5.41) is 11.3. The molecule has 0 radical (unpaired) electrons. The molecule has 9 nitrogen and oxygen atoms in total. The summed E-state index contributed by atoms with van der Waals surface area (Å²) in [4.78, 5) is 31.9. The number of benzene rings is 2. The van der Waals surface area contributed by atoms with Crippen molar-refractivity contribution in [2.45, 2.75) is 19.0 Å². The maximum Gasteiger partial charge on any atom is 0.295 e. The number of likely N-dealkylation sites (tertiary alicyclic amines) is 1. The minimum Gasteiger partial charge on any atom is -0.507 e. The van der Waals surface area contributed by atoms with Crippen LogP contribution in [0.3, 0.4) is 0 Å². The molecule has 180 valence electrons. The van der Waals surface area contributed by atoms with E-state index in [1.54, 1.807) is 62.1 Å². The van der Waals surface area contributed by atoms with Crippen LogP contribution < -0.4 is 14.2 Å². The van der Waals surface area contributed by atoms with E-state index < -0.39 is 17.7 Å². The second-order valence-electron chi connectivity index (χ2n) is 8.28. The Balaban J connectivity index is 1.53. The van der Waals surface area contributed by atoms with Crippen molar-refractivity contribution < 1.29 is 28.9 Å². The number of aromatic nitrogens is 2. The van der Waals surface area contributed by atoms with Gasteiger partial charge in [0.05, 0.1) is 25.1 Å². The van der Waals surface area contributed by atoms with Gasteiger partial charge in [-0.2, -0.15) is 0 Å². The highest BCUT2D eigenvalue weighted by molar-refractivity contribution is 6.46. The highest BCUT2D eigenvalue weighted by Gasteiger charge is 2.45. The third-order valence-electron chi connectivity index (χ3n) is 6.16. The molecule has 5 rings (SSSR count). The molecule has 0 saturated carbocycles. The number of hydrogen-bond acceptors (Lipinski definition) is 7. The van der Waals surface area contributed by atoms with Gasteiger partial charge in [-0.15, -0.1) is 0 Å². The van der Waals surface area contributed by atoms with Crippen LogP contribution in [0.1, 0.15) is 23.6 Å². The van der Waals surface area contributed by atoms with Crippen LogP contribution in [-0.4, -0.2) is 58.1 Å². The van der Waals surface area contributed by atoms with E-state index in [0.29, 0.717) is 61.1 Å². The predicted octanol–water partition coefficient (Wildman–Crippen LogP) is 3.17. The number of fused-ring (bicyclic) bond motifs is 1. The van der Waals surface area contributed by atoms with Crippen molar-refractivity contribution in [2.75, 3.05) is 26.9 Å². The number of hydrogen-bond donors (Lipinski definition) is 1. The Morgan fingerprint density at radius 3 is 2.57 bits per heavy atom. The molecule has 3 heterocycles. The first-order valence-electron chi connectivity index (χ1n) is 11.3. The number of aryl methyl sites for hydroxylation is 1. The fourth-order valence-electron chi connectivity index (χ4n) is 4.43. The Labute approximate surface area is 202 Å². The van der Waals surface area contributed by atoms with Crippen LogP contribution in [0.2, 0.25) is 0 Å². The van der Waals surface area contributed by atoms with E-state index >= 15 is 0 Å². The number of methoxy groups -OCH3 is 1. The van der Waals surface area contributed by atoms with Gasteiger partial charge in [0.1, 0.15) is 24.7 Å². The Kier molecular flexibility index (Phi) is 6.13. The lowest BCUT2D eigenvalue weighted by Gasteiger charge is -2.25. The fraction of sp³-hybridized carbons (Fsp3) is 0.269. The second kappa shape index (κ2) is 9.54. The van der Waals surface area contributed by atoms with Crippen LogP contribution in [0.15, 0.2) is 66.8 Å². The molecule has 1 atom stereocenters. The van der Waals surface area contributed by atoms with Crippen molar-refractivity contribution in [3.05, 3.63) is 77.9 Å². The van der Waals surface area contributed by atoms with Gasteiger partial charge in [0.25, 0.3) is 11.7 Å². The number of nitrogens with zero attached hydrogens (tertiary/aromatic N) is 3. The largest absolute Gasteiger partial charge is 0.507 e. The Hall–Kier alpha value is -4.27. The van der Waals surface area contributed by atoms with Crippen molar-refractivity contribution in [1.82, 2.24) is 14.5 Å². The van der Waals surface area contributed by atoms with Crippen molar-refractivity contribution in [3.63, 3.8) is 0 Å². The average molecular weight is 476 g/mol. The fourth-order valence-corrected chi connectivity index (χ4v) is 4.43. The van der Waals surface area contributed by atoms with Crippen molar-refractivity contribution in [2.24, 2.45) is 0 Å². The van der Waals surface area contributed by atoms with Crippen LogP contribution >= 0.6 is 0 Å². The number of imidazole rings is 1. The first kappa shape index (κ1) is 22.5. The Morgan fingerprint density at radius 2 is 1.86 bits per heavy atom. The summed E-state index contributed by atoms with van der Waals surface area (Å²) in [7, 11) is 1.57. The molecule has 9 heteroatoms. The van der Waals surface area contributed by atoms with E-state index in [4.69, 9.17) is 14.2 Å². The van der Waals surface area contributed by atoms with E-state index in [-0.39, 0.29) is 11.3 Å². The van der Waals surface area contributed by atoms with Gasteiger partial charge >= 0.3 is 0 Å². The molecule has 2 aromatic carbocycles. The topological polar surface area (TPSA) is 103 Å². The Bertz CT molecular complexity index is 1270. The van der Waals surface area contributed by atoms with E-state index in [2.05, 4.69) is 4.98 Å². The minimum atomic E-state index is -0.739. The van der Waals surface area contributed by atoms with E-state index in [1.165, 1.54) is 4.90 Å². The smallest absolute Gasteiger partial charge is 0.295 e. The predicted molar refractivity (Wildman–Crippen MR) is 126 cm³/mol. The van der Waals surface area contributed by atoms with E-state index in [1.807, 2.05) is 10.8 Å². The van der Waals surface area contributed by atoms with Crippen LogP contribution in [0.25, 0.3) is 5.76 Å². The van der Waals surface area contributed by atoms with Gasteiger partial charge in [-0.3, -0.25) is 9.59 Å². The number of ether oxygens (including phenoxy) is 3. The molecule has 1 fully saturated rings. The number of carbonyl (C=O) groups excluding carboxylic acids is 2. The lowest BCUT2D eigenvalue weighted by atomic mass is 9.95. The number of Topliss-reactive ketones (excluding diaryl/α,β-unsaturated/α-hetero) is 1. The summed E-state index contributed by atoms with van der Waals surface area (Å²) in [5.41, 5.74) is 1.12. The van der Waals surface area contributed by atoms with Gasteiger partial charge in [0, 0.05) is 31.0 Å². The third kappa shape index (κ3) is 4.32. The standard InChI is InChI=1S/C26H25N3O6/c1-33-19-6-3-17(4-7-19)23-22(24(30)18-5-8-20-21(15-18)35-14-13-34-20)25(31)26(32)29(23)11-2-10-28-12-9-27-16-28/h3-9,12,15-16,23,30H,2,10-11,13-14H2,1H3. The molecular weight excluding hydrogens is 450 g/mol. The molecule has 1 N–H and O–H groups in total. The van der Waals surface area contributed by atoms with Crippen LogP contribution in [0.4, 0.5) is 0 Å². The third-order valence-corrected chi connectivity index (χ3v) is 6.16. The molecule has 2 aliphatic heterocycles.